The molecular formula is C15H17BrN2O2. The van der Waals surface area contributed by atoms with Crippen LogP contribution in [-0.2, 0) is 16.0 Å². The Morgan fingerprint density at radius 1 is 1.35 bits per heavy atom. The summed E-state index contributed by atoms with van der Waals surface area (Å²) in [5.74, 6) is -0.137. The van der Waals surface area contributed by atoms with Gasteiger partial charge in [0.05, 0.1) is 6.54 Å². The predicted molar refractivity (Wildman–Crippen MR) is 81.3 cm³/mol. The second-order valence-electron chi connectivity index (χ2n) is 4.84. The fraction of sp³-hybridized carbons (Fsp3) is 0.333. The van der Waals surface area contributed by atoms with E-state index in [1.807, 2.05) is 30.3 Å². The van der Waals surface area contributed by atoms with Gasteiger partial charge in [-0.05, 0) is 5.56 Å². The van der Waals surface area contributed by atoms with Gasteiger partial charge >= 0.3 is 0 Å². The summed E-state index contributed by atoms with van der Waals surface area (Å²) in [6.07, 6.45) is 0.841. The molecule has 1 aliphatic rings. The molecule has 20 heavy (non-hydrogen) atoms. The largest absolute Gasteiger partial charge is 0.344 e. The first-order chi connectivity index (χ1) is 9.56. The van der Waals surface area contributed by atoms with Crippen LogP contribution in [0, 0.1) is 0 Å². The Kier molecular flexibility index (Phi) is 4.95. The number of nitrogens with zero attached hydrogens (tertiary/aromatic N) is 1. The molecule has 1 heterocycles. The highest BCUT2D eigenvalue weighted by Gasteiger charge is 2.29. The Hall–Kier alpha value is -1.62. The van der Waals surface area contributed by atoms with Crippen molar-refractivity contribution in [3.05, 3.63) is 47.0 Å². The van der Waals surface area contributed by atoms with Gasteiger partial charge in [0.25, 0.3) is 0 Å². The fourth-order valence-corrected chi connectivity index (χ4v) is 2.55. The highest BCUT2D eigenvalue weighted by molar-refractivity contribution is 9.11. The molecule has 0 radical (unpaired) electrons. The summed E-state index contributed by atoms with van der Waals surface area (Å²) in [5.41, 5.74) is 1.03. The van der Waals surface area contributed by atoms with Gasteiger partial charge in [-0.1, -0.05) is 52.8 Å². The quantitative estimate of drug-likeness (QED) is 0.912. The molecule has 0 spiro atoms. The van der Waals surface area contributed by atoms with E-state index >= 15 is 0 Å². The van der Waals surface area contributed by atoms with Gasteiger partial charge in [-0.15, -0.1) is 0 Å². The molecule has 1 unspecified atom stereocenters. The maximum absolute atomic E-state index is 12.5. The van der Waals surface area contributed by atoms with Crippen LogP contribution in [0.1, 0.15) is 12.0 Å². The van der Waals surface area contributed by atoms with E-state index < -0.39 is 6.04 Å². The molecule has 1 atom stereocenters. The van der Waals surface area contributed by atoms with Crippen molar-refractivity contribution in [3.63, 3.8) is 0 Å². The molecule has 0 aliphatic carbocycles. The van der Waals surface area contributed by atoms with Crippen LogP contribution in [0.5, 0.6) is 0 Å². The molecule has 1 N–H and O–H groups in total. The van der Waals surface area contributed by atoms with Crippen LogP contribution >= 0.6 is 15.9 Å². The van der Waals surface area contributed by atoms with Crippen LogP contribution in [0.4, 0.5) is 0 Å². The normalized spacial score (nSPS) is 19.4. The van der Waals surface area contributed by atoms with Gasteiger partial charge in [0.1, 0.15) is 6.04 Å². The van der Waals surface area contributed by atoms with E-state index in [2.05, 4.69) is 27.8 Å². The standard InChI is InChI=1S/C15H17BrN2O2/c1-11(16)10-18-8-7-14(19)17-13(15(18)20)9-12-5-3-2-4-6-12/h2-6,13H,1,7-10H2,(H,17,19). The summed E-state index contributed by atoms with van der Waals surface area (Å²) in [6, 6.07) is 9.19. The number of halogens is 1. The minimum atomic E-state index is -0.501. The monoisotopic (exact) mass is 336 g/mol. The Balaban J connectivity index is 2.14. The molecule has 1 saturated heterocycles. The third-order valence-corrected chi connectivity index (χ3v) is 3.45. The van der Waals surface area contributed by atoms with E-state index in [9.17, 15) is 9.59 Å². The van der Waals surface area contributed by atoms with Crippen LogP contribution in [-0.4, -0.2) is 35.8 Å². The number of carbonyl (C=O) groups excluding carboxylic acids is 2. The molecule has 0 saturated carbocycles. The van der Waals surface area contributed by atoms with E-state index in [4.69, 9.17) is 0 Å². The summed E-state index contributed by atoms with van der Waals surface area (Å²) < 4.78 is 0.735. The average molecular weight is 337 g/mol. The number of benzene rings is 1. The van der Waals surface area contributed by atoms with Gasteiger partial charge in [-0.3, -0.25) is 9.59 Å². The Morgan fingerprint density at radius 3 is 2.70 bits per heavy atom. The van der Waals surface area contributed by atoms with Crippen LogP contribution < -0.4 is 5.32 Å². The minimum Gasteiger partial charge on any atom is -0.344 e. The summed E-state index contributed by atoms with van der Waals surface area (Å²) >= 11 is 3.27. The first-order valence-corrected chi connectivity index (χ1v) is 7.31. The van der Waals surface area contributed by atoms with E-state index in [0.29, 0.717) is 25.9 Å². The molecule has 2 amide bonds. The highest BCUT2D eigenvalue weighted by Crippen LogP contribution is 2.13. The molecule has 1 aromatic carbocycles. The third kappa shape index (κ3) is 3.93. The smallest absolute Gasteiger partial charge is 0.245 e. The number of hydrogen-bond donors (Lipinski definition) is 1. The predicted octanol–water partition coefficient (Wildman–Crippen LogP) is 1.85. The van der Waals surface area contributed by atoms with E-state index in [1.165, 1.54) is 0 Å². The van der Waals surface area contributed by atoms with Crippen molar-refractivity contribution in [2.45, 2.75) is 18.9 Å². The van der Waals surface area contributed by atoms with Crippen molar-refractivity contribution in [3.8, 4) is 0 Å². The number of nitrogens with one attached hydrogen (secondary N) is 1. The van der Waals surface area contributed by atoms with Gasteiger partial charge in [0, 0.05) is 23.9 Å². The van der Waals surface area contributed by atoms with Crippen LogP contribution in [0.3, 0.4) is 0 Å². The molecule has 106 valence electrons. The summed E-state index contributed by atoms with van der Waals surface area (Å²) in [4.78, 5) is 25.9. The van der Waals surface area contributed by atoms with Gasteiger partial charge in [-0.25, -0.2) is 0 Å². The lowest BCUT2D eigenvalue weighted by molar-refractivity contribution is -0.133. The second kappa shape index (κ2) is 6.70. The molecular weight excluding hydrogens is 320 g/mol. The topological polar surface area (TPSA) is 49.4 Å². The van der Waals surface area contributed by atoms with Crippen molar-refractivity contribution < 1.29 is 9.59 Å². The fourth-order valence-electron chi connectivity index (χ4n) is 2.25. The zero-order valence-corrected chi connectivity index (χ0v) is 12.7. The van der Waals surface area contributed by atoms with Gasteiger partial charge < -0.3 is 10.2 Å². The minimum absolute atomic E-state index is 0.0553. The molecule has 1 aromatic rings. The summed E-state index contributed by atoms with van der Waals surface area (Å²) in [6.45, 7) is 4.62. The second-order valence-corrected chi connectivity index (χ2v) is 5.96. The number of carbonyl (C=O) groups is 2. The lowest BCUT2D eigenvalue weighted by Crippen LogP contribution is -2.46. The van der Waals surface area contributed by atoms with Crippen molar-refractivity contribution in [2.24, 2.45) is 0 Å². The third-order valence-electron chi connectivity index (χ3n) is 3.20. The highest BCUT2D eigenvalue weighted by atomic mass is 79.9. The molecule has 0 bridgehead atoms. The van der Waals surface area contributed by atoms with Gasteiger partial charge in [0.15, 0.2) is 0 Å². The molecule has 1 fully saturated rings. The zero-order valence-electron chi connectivity index (χ0n) is 11.1. The van der Waals surface area contributed by atoms with E-state index in [-0.39, 0.29) is 11.8 Å². The zero-order chi connectivity index (χ0) is 14.5. The van der Waals surface area contributed by atoms with E-state index in [1.54, 1.807) is 4.90 Å². The summed E-state index contributed by atoms with van der Waals surface area (Å²) in [7, 11) is 0. The number of hydrogen-bond acceptors (Lipinski definition) is 2. The van der Waals surface area contributed by atoms with Crippen LogP contribution in [0.2, 0.25) is 0 Å². The van der Waals surface area contributed by atoms with Crippen LogP contribution in [0.25, 0.3) is 0 Å². The number of rotatable bonds is 4. The molecule has 1 aliphatic heterocycles. The van der Waals surface area contributed by atoms with Crippen molar-refractivity contribution in [2.75, 3.05) is 13.1 Å². The molecule has 5 heteroatoms. The molecule has 0 aromatic heterocycles. The Bertz CT molecular complexity index is 516. The first-order valence-electron chi connectivity index (χ1n) is 6.51. The Labute approximate surface area is 127 Å². The van der Waals surface area contributed by atoms with Crippen molar-refractivity contribution in [1.82, 2.24) is 10.2 Å². The van der Waals surface area contributed by atoms with Gasteiger partial charge in [0.2, 0.25) is 11.8 Å². The maximum Gasteiger partial charge on any atom is 0.245 e. The lowest BCUT2D eigenvalue weighted by Gasteiger charge is -2.23. The summed E-state index contributed by atoms with van der Waals surface area (Å²) in [5, 5.41) is 2.81. The van der Waals surface area contributed by atoms with Crippen molar-refractivity contribution in [1.29, 1.82) is 0 Å². The number of amides is 2. The van der Waals surface area contributed by atoms with Crippen LogP contribution in [0.15, 0.2) is 41.4 Å². The molecule has 4 nitrogen and oxygen atoms in total. The first kappa shape index (κ1) is 14.8. The Morgan fingerprint density at radius 2 is 2.05 bits per heavy atom. The SMILES string of the molecule is C=C(Br)CN1CCC(=O)NC(Cc2ccccc2)C1=O. The molecule has 2 rings (SSSR count). The van der Waals surface area contributed by atoms with Gasteiger partial charge in [-0.2, -0.15) is 0 Å². The maximum atomic E-state index is 12.5. The lowest BCUT2D eigenvalue weighted by atomic mass is 10.1. The average Bonchev–Trinajstić information content (AvgIpc) is 2.53. The van der Waals surface area contributed by atoms with Crippen molar-refractivity contribution >= 4 is 27.7 Å². The van der Waals surface area contributed by atoms with E-state index in [0.717, 1.165) is 10.0 Å².